The van der Waals surface area contributed by atoms with Gasteiger partial charge in [0, 0.05) is 61.4 Å². The van der Waals surface area contributed by atoms with Crippen molar-refractivity contribution in [3.05, 3.63) is 63.1 Å². The lowest BCUT2D eigenvalue weighted by Gasteiger charge is -2.39. The highest BCUT2D eigenvalue weighted by atomic mass is 79.9. The summed E-state index contributed by atoms with van der Waals surface area (Å²) in [5.74, 6) is -0.125. The number of para-hydroxylation sites is 1. The SMILES string of the molecule is Cc1cc(CC(OC(=O)N2CCC(N3CCc4ccccc4NC3=O)CC2)C(=O)N2CCC(N(C)C)CC2)cc(C)c1Br. The smallest absolute Gasteiger partial charge is 0.410 e. The summed E-state index contributed by atoms with van der Waals surface area (Å²) in [6.07, 6.45) is 2.91. The Balaban J connectivity index is 1.23. The van der Waals surface area contributed by atoms with Crippen molar-refractivity contribution in [1.29, 1.82) is 0 Å². The van der Waals surface area contributed by atoms with E-state index in [9.17, 15) is 14.4 Å². The van der Waals surface area contributed by atoms with Crippen LogP contribution in [0.2, 0.25) is 0 Å². The van der Waals surface area contributed by atoms with Crippen molar-refractivity contribution in [3.63, 3.8) is 0 Å². The number of hydrogen-bond donors (Lipinski definition) is 1. The zero-order valence-electron chi connectivity index (χ0n) is 25.8. The first-order valence-electron chi connectivity index (χ1n) is 15.4. The van der Waals surface area contributed by atoms with Gasteiger partial charge in [-0.3, -0.25) is 4.79 Å². The largest absolute Gasteiger partial charge is 0.436 e. The Morgan fingerprint density at radius 3 is 2.26 bits per heavy atom. The number of halogens is 1. The number of nitrogens with zero attached hydrogens (tertiary/aromatic N) is 4. The number of nitrogens with one attached hydrogen (secondary N) is 1. The predicted molar refractivity (Wildman–Crippen MR) is 171 cm³/mol. The van der Waals surface area contributed by atoms with Crippen LogP contribution in [0.1, 0.15) is 47.9 Å². The number of anilines is 1. The number of likely N-dealkylation sites (tertiary alicyclic amines) is 2. The van der Waals surface area contributed by atoms with Crippen molar-refractivity contribution in [2.24, 2.45) is 0 Å². The Bertz CT molecular complexity index is 1310. The van der Waals surface area contributed by atoms with Gasteiger partial charge < -0.3 is 29.7 Å². The van der Waals surface area contributed by atoms with Gasteiger partial charge in [0.15, 0.2) is 6.10 Å². The first kappa shape index (κ1) is 31.3. The molecule has 0 radical (unpaired) electrons. The van der Waals surface area contributed by atoms with E-state index in [1.165, 1.54) is 0 Å². The van der Waals surface area contributed by atoms with Crippen LogP contribution in [0.25, 0.3) is 0 Å². The molecule has 1 atom stereocenters. The second-order valence-electron chi connectivity index (χ2n) is 12.4. The zero-order valence-corrected chi connectivity index (χ0v) is 27.4. The zero-order chi connectivity index (χ0) is 30.7. The quantitative estimate of drug-likeness (QED) is 0.462. The monoisotopic (exact) mass is 653 g/mol. The Morgan fingerprint density at radius 2 is 1.60 bits per heavy atom. The Kier molecular flexibility index (Phi) is 9.96. The second-order valence-corrected chi connectivity index (χ2v) is 13.2. The summed E-state index contributed by atoms with van der Waals surface area (Å²) in [5.41, 5.74) is 5.15. The molecule has 3 aliphatic heterocycles. The van der Waals surface area contributed by atoms with Gasteiger partial charge in [-0.15, -0.1) is 0 Å². The maximum absolute atomic E-state index is 13.8. The highest BCUT2D eigenvalue weighted by Gasteiger charge is 2.35. The van der Waals surface area contributed by atoms with Gasteiger partial charge in [0.1, 0.15) is 0 Å². The van der Waals surface area contributed by atoms with E-state index >= 15 is 0 Å². The molecule has 0 aromatic heterocycles. The number of benzene rings is 2. The molecule has 1 unspecified atom stereocenters. The average molecular weight is 655 g/mol. The molecule has 232 valence electrons. The minimum Gasteiger partial charge on any atom is -0.436 e. The molecule has 0 spiro atoms. The fourth-order valence-corrected chi connectivity index (χ4v) is 6.88. The fourth-order valence-electron chi connectivity index (χ4n) is 6.65. The molecule has 2 aromatic rings. The van der Waals surface area contributed by atoms with Crippen LogP contribution in [0, 0.1) is 13.8 Å². The molecule has 4 amide bonds. The van der Waals surface area contributed by atoms with Gasteiger partial charge >= 0.3 is 12.1 Å². The van der Waals surface area contributed by atoms with Crippen molar-refractivity contribution in [1.82, 2.24) is 19.6 Å². The predicted octanol–water partition coefficient (Wildman–Crippen LogP) is 5.22. The lowest BCUT2D eigenvalue weighted by molar-refractivity contribution is -0.142. The third-order valence-electron chi connectivity index (χ3n) is 9.25. The van der Waals surface area contributed by atoms with E-state index in [0.717, 1.165) is 51.7 Å². The number of piperidine rings is 2. The van der Waals surface area contributed by atoms with E-state index < -0.39 is 12.2 Å². The minimum atomic E-state index is -0.893. The summed E-state index contributed by atoms with van der Waals surface area (Å²) in [6.45, 7) is 6.97. The molecule has 3 heterocycles. The van der Waals surface area contributed by atoms with Crippen LogP contribution in [-0.4, -0.2) is 103 Å². The van der Waals surface area contributed by atoms with Gasteiger partial charge in [-0.1, -0.05) is 46.3 Å². The Hall–Kier alpha value is -3.11. The van der Waals surface area contributed by atoms with Crippen molar-refractivity contribution in [2.75, 3.05) is 52.1 Å². The molecule has 0 saturated carbocycles. The van der Waals surface area contributed by atoms with Gasteiger partial charge in [0.05, 0.1) is 0 Å². The van der Waals surface area contributed by atoms with Crippen molar-refractivity contribution >= 4 is 39.6 Å². The van der Waals surface area contributed by atoms with Gasteiger partial charge in [0.25, 0.3) is 5.91 Å². The maximum atomic E-state index is 13.8. The van der Waals surface area contributed by atoms with Gasteiger partial charge in [-0.05, 0) is 88.4 Å². The molecular formula is C33H44BrN5O4. The van der Waals surface area contributed by atoms with Crippen LogP contribution in [0.15, 0.2) is 40.9 Å². The van der Waals surface area contributed by atoms with Crippen LogP contribution >= 0.6 is 15.9 Å². The highest BCUT2D eigenvalue weighted by molar-refractivity contribution is 9.10. The number of carbonyl (C=O) groups excluding carboxylic acids is 3. The number of rotatable bonds is 6. The van der Waals surface area contributed by atoms with E-state index in [1.54, 1.807) is 4.90 Å². The molecule has 2 saturated heterocycles. The van der Waals surface area contributed by atoms with Crippen LogP contribution in [0.3, 0.4) is 0 Å². The van der Waals surface area contributed by atoms with E-state index in [4.69, 9.17) is 4.74 Å². The lowest BCUT2D eigenvalue weighted by atomic mass is 10.00. The molecule has 2 fully saturated rings. The Morgan fingerprint density at radius 1 is 0.977 bits per heavy atom. The normalized spacial score (nSPS) is 19.1. The van der Waals surface area contributed by atoms with Crippen LogP contribution in [-0.2, 0) is 22.4 Å². The summed E-state index contributed by atoms with van der Waals surface area (Å²) in [7, 11) is 4.15. The number of hydrogen-bond acceptors (Lipinski definition) is 5. The first-order chi connectivity index (χ1) is 20.6. The maximum Gasteiger partial charge on any atom is 0.410 e. The molecule has 2 aromatic carbocycles. The Labute approximate surface area is 263 Å². The van der Waals surface area contributed by atoms with Gasteiger partial charge in [-0.25, -0.2) is 9.59 Å². The fraction of sp³-hybridized carbons (Fsp3) is 0.545. The van der Waals surface area contributed by atoms with Crippen molar-refractivity contribution < 1.29 is 19.1 Å². The summed E-state index contributed by atoms with van der Waals surface area (Å²) in [5, 5.41) is 3.05. The molecule has 10 heteroatoms. The minimum absolute atomic E-state index is 0.0440. The summed E-state index contributed by atoms with van der Waals surface area (Å²) < 4.78 is 7.09. The number of ether oxygens (including phenoxy) is 1. The number of aryl methyl sites for hydroxylation is 2. The van der Waals surface area contributed by atoms with Crippen LogP contribution in [0.5, 0.6) is 0 Å². The third-order valence-corrected chi connectivity index (χ3v) is 10.5. The average Bonchev–Trinajstić information content (AvgIpc) is 3.17. The van der Waals surface area contributed by atoms with Gasteiger partial charge in [0.2, 0.25) is 0 Å². The standard InChI is InChI=1S/C33H44BrN5O4/c1-22-19-24(20-23(2)30(22)34)21-29(31(40)37-14-10-26(11-15-37)36(3)4)43-33(42)38-16-12-27(13-17-38)39-18-9-25-7-5-6-8-28(25)35-32(39)41/h5-8,19-20,26-27,29H,9-18,21H2,1-4H3,(H,35,41). The first-order valence-corrected chi connectivity index (χ1v) is 16.2. The van der Waals surface area contributed by atoms with E-state index in [0.29, 0.717) is 58.0 Å². The topological polar surface area (TPSA) is 85.4 Å². The van der Waals surface area contributed by atoms with E-state index in [2.05, 4.69) is 58.4 Å². The van der Waals surface area contributed by atoms with Crippen molar-refractivity contribution in [2.45, 2.75) is 70.6 Å². The van der Waals surface area contributed by atoms with Crippen LogP contribution in [0.4, 0.5) is 15.3 Å². The van der Waals surface area contributed by atoms with Crippen LogP contribution < -0.4 is 5.32 Å². The summed E-state index contributed by atoms with van der Waals surface area (Å²) >= 11 is 3.63. The molecule has 9 nitrogen and oxygen atoms in total. The molecule has 43 heavy (non-hydrogen) atoms. The molecule has 3 aliphatic rings. The van der Waals surface area contributed by atoms with E-state index in [-0.39, 0.29) is 18.0 Å². The molecule has 1 N–H and O–H groups in total. The number of urea groups is 1. The molecule has 0 bridgehead atoms. The van der Waals surface area contributed by atoms with Gasteiger partial charge in [-0.2, -0.15) is 0 Å². The third kappa shape index (κ3) is 7.34. The molecule has 0 aliphatic carbocycles. The summed E-state index contributed by atoms with van der Waals surface area (Å²) in [4.78, 5) is 48.0. The summed E-state index contributed by atoms with van der Waals surface area (Å²) in [6, 6.07) is 12.4. The number of carbonyl (C=O) groups is 3. The van der Waals surface area contributed by atoms with E-state index in [1.807, 2.05) is 41.8 Å². The number of amides is 4. The second kappa shape index (κ2) is 13.7. The highest BCUT2D eigenvalue weighted by Crippen LogP contribution is 2.27. The lowest BCUT2D eigenvalue weighted by Crippen LogP contribution is -2.52. The molecule has 5 rings (SSSR count). The van der Waals surface area contributed by atoms with Crippen molar-refractivity contribution in [3.8, 4) is 0 Å². The molecular weight excluding hydrogens is 610 g/mol. The number of fused-ring (bicyclic) bond motifs is 1.